The van der Waals surface area contributed by atoms with Crippen LogP contribution in [0.5, 0.6) is 0 Å². The molecule has 15 rings (SSSR count). The smallest absolute Gasteiger partial charge is 0.344 e. The van der Waals surface area contributed by atoms with Gasteiger partial charge in [-0.05, 0) is 262 Å². The first-order valence-electron chi connectivity index (χ1n) is 34.9. The molecule has 1 saturated heterocycles. The molecule has 1 N–H and O–H groups in total. The molecule has 0 amide bonds. The van der Waals surface area contributed by atoms with E-state index >= 15 is 0 Å². The van der Waals surface area contributed by atoms with Crippen molar-refractivity contribution in [3.8, 4) is 0 Å². The molecule has 15 fully saturated rings. The van der Waals surface area contributed by atoms with Crippen molar-refractivity contribution in [2.24, 2.45) is 98.6 Å². The zero-order valence-corrected chi connectivity index (χ0v) is 58.0. The van der Waals surface area contributed by atoms with Gasteiger partial charge in [-0.1, -0.05) is 41.5 Å². The van der Waals surface area contributed by atoms with Crippen LogP contribution >= 0.6 is 0 Å². The van der Waals surface area contributed by atoms with Gasteiger partial charge in [0.2, 0.25) is 0 Å². The first-order chi connectivity index (χ1) is 41.8. The molecule has 1 heterocycles. The fraction of sp³-hybridized carbons (Fsp3) is 0.901. The molecule has 7 atom stereocenters. The van der Waals surface area contributed by atoms with Crippen LogP contribution in [0.2, 0.25) is 0 Å². The minimum atomic E-state index is -3.53. The molecule has 7 unspecified atom stereocenters. The maximum absolute atomic E-state index is 12.8. The first-order valence-corrected chi connectivity index (χ1v) is 36.3. The van der Waals surface area contributed by atoms with Crippen LogP contribution < -0.4 is 0 Å². The lowest BCUT2D eigenvalue weighted by molar-refractivity contribution is -0.231. The predicted octanol–water partition coefficient (Wildman–Crippen LogP) is 12.1. The Morgan fingerprint density at radius 1 is 0.500 bits per heavy atom. The molecule has 0 spiro atoms. The summed E-state index contributed by atoms with van der Waals surface area (Å²) >= 11 is 0. The van der Waals surface area contributed by atoms with E-state index in [0.29, 0.717) is 73.5 Å². The van der Waals surface area contributed by atoms with E-state index < -0.39 is 105 Å². The van der Waals surface area contributed by atoms with E-state index in [-0.39, 0.29) is 40.4 Å². The fourth-order valence-electron chi connectivity index (χ4n) is 19.2. The first kappa shape index (κ1) is 70.5. The molecule has 510 valence electrons. The van der Waals surface area contributed by atoms with Gasteiger partial charge in [0.25, 0.3) is 10.1 Å². The minimum absolute atomic E-state index is 0.0130. The number of hydrogen-bond donors (Lipinski definition) is 1. The largest absolute Gasteiger partial charge is 0.459 e. The summed E-state index contributed by atoms with van der Waals surface area (Å²) in [6.45, 7) is 28.0. The minimum Gasteiger partial charge on any atom is -0.459 e. The summed E-state index contributed by atoms with van der Waals surface area (Å²) in [5, 5.41) is 10.2. The van der Waals surface area contributed by atoms with Crippen molar-refractivity contribution in [3.05, 3.63) is 0 Å². The van der Waals surface area contributed by atoms with Crippen molar-refractivity contribution in [2.75, 3.05) is 19.8 Å². The maximum atomic E-state index is 12.8. The zero-order valence-electron chi connectivity index (χ0n) is 57.2. The number of esters is 7. The number of aliphatic hydroxyl groups is 1. The van der Waals surface area contributed by atoms with Crippen molar-refractivity contribution in [2.45, 2.75) is 285 Å². The van der Waals surface area contributed by atoms with Crippen LogP contribution in [0, 0.1) is 98.6 Å². The standard InChI is InChI=1S/C21H32O6.C19H32O2.C16H26O3.C15H22O7S/c1-5-20(2,3)19(24)26-11-17(22)25-12-18(23)27-21(4)15-7-13-6-14(9-15)10-16(21)8-13;1-6-18(4,5)17(20)21-19(12(2)3)15-8-13-7-14(10-15)11-16(19)9-13;1-4-14(2,3)13(17)19-16-8-11-5-12(9-16)7-15(18,6-11)10-16;1-4-15(2,3)14(17)20-7-11(16)21-12-8-5-9-10(6-8)23(18,19)22-13(9)12/h13-16H,5-12H2,1-4H3;12-16H,6-11H2,1-5H3;11-12,18H,4-10H2,1-3H3;8-10,12-13H,4-7H2,1-3H3. The van der Waals surface area contributed by atoms with Crippen LogP contribution in [0.25, 0.3) is 0 Å². The molecule has 15 aliphatic rings. The van der Waals surface area contributed by atoms with Crippen LogP contribution in [0.15, 0.2) is 0 Å². The van der Waals surface area contributed by atoms with E-state index in [4.69, 9.17) is 37.3 Å². The van der Waals surface area contributed by atoms with E-state index in [2.05, 4.69) is 27.7 Å². The summed E-state index contributed by atoms with van der Waals surface area (Å²) in [6, 6.07) is 0. The van der Waals surface area contributed by atoms with Gasteiger partial charge >= 0.3 is 41.8 Å². The second-order valence-electron chi connectivity index (χ2n) is 33.6. The average molecular weight is 1290 g/mol. The van der Waals surface area contributed by atoms with E-state index in [1.165, 1.54) is 44.9 Å². The Kier molecular flexibility index (Phi) is 20.4. The lowest BCUT2D eigenvalue weighted by Gasteiger charge is -2.62. The number of fused-ring (bicyclic) bond motifs is 1. The molecule has 0 aromatic carbocycles. The van der Waals surface area contributed by atoms with Crippen molar-refractivity contribution >= 4 is 51.9 Å². The summed E-state index contributed by atoms with van der Waals surface area (Å²) in [5.74, 6) is 4.11. The van der Waals surface area contributed by atoms with E-state index in [0.717, 1.165) is 87.9 Å². The topological polar surface area (TPSA) is 248 Å². The Morgan fingerprint density at radius 3 is 1.36 bits per heavy atom. The van der Waals surface area contributed by atoms with Gasteiger partial charge in [-0.3, -0.25) is 23.4 Å². The van der Waals surface area contributed by atoms with Gasteiger partial charge in [0, 0.05) is 18.3 Å². The number of hydrogen-bond acceptors (Lipinski definition) is 18. The predicted molar refractivity (Wildman–Crippen MR) is 334 cm³/mol. The van der Waals surface area contributed by atoms with Gasteiger partial charge in [0.1, 0.15) is 29.0 Å². The van der Waals surface area contributed by atoms with Gasteiger partial charge in [0.05, 0.1) is 32.5 Å². The quantitative estimate of drug-likeness (QED) is 0.0717. The SMILES string of the molecule is CCC(C)(C)C(=O)OC1(C(C)C)C2CC3CC(C2)CC1C3.CCC(C)(C)C(=O)OC12CC3CC(CC(O)(C3)C1)C2.CCC(C)(C)C(=O)OCC(=O)OC1C2CC3C1OS(=O)(=O)C3C2.CCC(C)(C)C(=O)OCC(=O)OCC(=O)OC1(C)C2CC3CC(C2)CC1C3. The average Bonchev–Trinajstić information content (AvgIpc) is 1.10. The molecular weight excluding hydrogens is 1170 g/mol. The summed E-state index contributed by atoms with van der Waals surface area (Å²) in [6.07, 6.45) is 21.1. The third kappa shape index (κ3) is 14.4. The van der Waals surface area contributed by atoms with E-state index in [1.54, 1.807) is 27.7 Å². The lowest BCUT2D eigenvalue weighted by Crippen LogP contribution is -2.63. The maximum Gasteiger partial charge on any atom is 0.344 e. The highest BCUT2D eigenvalue weighted by molar-refractivity contribution is 7.87. The van der Waals surface area contributed by atoms with E-state index in [9.17, 15) is 47.1 Å². The number of ether oxygens (including phenoxy) is 7. The van der Waals surface area contributed by atoms with Gasteiger partial charge < -0.3 is 38.3 Å². The molecule has 14 saturated carbocycles. The van der Waals surface area contributed by atoms with Crippen LogP contribution in [0.1, 0.15) is 245 Å². The second kappa shape index (κ2) is 26.1. The lowest BCUT2D eigenvalue weighted by atomic mass is 9.47. The summed E-state index contributed by atoms with van der Waals surface area (Å²) in [5.41, 5.74) is -3.58. The Hall–Kier alpha value is -3.84. The fourth-order valence-corrected chi connectivity index (χ4v) is 21.1. The summed E-state index contributed by atoms with van der Waals surface area (Å²) in [7, 11) is -3.53. The van der Waals surface area contributed by atoms with Crippen LogP contribution in [-0.2, 0) is 81.0 Å². The highest BCUT2D eigenvalue weighted by Crippen LogP contribution is 2.64. The molecule has 19 heteroatoms. The van der Waals surface area contributed by atoms with Gasteiger partial charge in [-0.25, -0.2) is 14.4 Å². The number of carbonyl (C=O) groups is 7. The molecule has 14 aliphatic carbocycles. The molecular formula is C71H112O18S. The Labute approximate surface area is 537 Å². The molecule has 14 bridgehead atoms. The molecule has 0 aromatic heterocycles. The van der Waals surface area contributed by atoms with Crippen molar-refractivity contribution in [1.82, 2.24) is 0 Å². The van der Waals surface area contributed by atoms with Crippen molar-refractivity contribution in [1.29, 1.82) is 0 Å². The zero-order chi connectivity index (χ0) is 66.1. The monoisotopic (exact) mass is 1280 g/mol. The van der Waals surface area contributed by atoms with Crippen LogP contribution in [0.4, 0.5) is 0 Å². The molecule has 18 nitrogen and oxygen atoms in total. The summed E-state index contributed by atoms with van der Waals surface area (Å²) < 4.78 is 67.3. The molecule has 0 radical (unpaired) electrons. The third-order valence-electron chi connectivity index (χ3n) is 25.4. The number of rotatable bonds is 19. The van der Waals surface area contributed by atoms with Crippen molar-refractivity contribution in [3.63, 3.8) is 0 Å². The van der Waals surface area contributed by atoms with E-state index in [1.807, 2.05) is 48.5 Å². The Bertz CT molecular complexity index is 2720. The molecule has 90 heavy (non-hydrogen) atoms. The van der Waals surface area contributed by atoms with Crippen LogP contribution in [0.3, 0.4) is 0 Å². The van der Waals surface area contributed by atoms with Crippen molar-refractivity contribution < 1.29 is 84.4 Å². The third-order valence-corrected chi connectivity index (χ3v) is 27.2. The number of carbonyl (C=O) groups excluding carboxylic acids is 7. The van der Waals surface area contributed by atoms with Gasteiger partial charge in [-0.15, -0.1) is 0 Å². The Balaban J connectivity index is 0.000000143. The van der Waals surface area contributed by atoms with Gasteiger partial charge in [-0.2, -0.15) is 8.42 Å². The highest BCUT2D eigenvalue weighted by Gasteiger charge is 2.66. The molecule has 0 aromatic rings. The van der Waals surface area contributed by atoms with Crippen LogP contribution in [-0.4, -0.2) is 115 Å². The molecule has 1 aliphatic heterocycles. The highest BCUT2D eigenvalue weighted by atomic mass is 32.2. The second-order valence-corrected chi connectivity index (χ2v) is 35.4. The van der Waals surface area contributed by atoms with Gasteiger partial charge in [0.15, 0.2) is 19.8 Å². The summed E-state index contributed by atoms with van der Waals surface area (Å²) in [4.78, 5) is 84.8. The Morgan fingerprint density at radius 2 is 0.911 bits per heavy atom. The normalized spacial score (nSPS) is 38.8.